The van der Waals surface area contributed by atoms with Crippen molar-refractivity contribution in [1.29, 1.82) is 0 Å². The summed E-state index contributed by atoms with van der Waals surface area (Å²) in [5.74, 6) is -0.877. The second kappa shape index (κ2) is 11.6. The number of benzene rings is 3. The Hall–Kier alpha value is -3.69. The van der Waals surface area contributed by atoms with Crippen molar-refractivity contribution in [1.82, 2.24) is 0 Å². The van der Waals surface area contributed by atoms with E-state index < -0.39 is 16.1 Å². The van der Waals surface area contributed by atoms with E-state index in [0.29, 0.717) is 16.3 Å². The highest BCUT2D eigenvalue weighted by Gasteiger charge is 2.22. The topological polar surface area (TPSA) is 104 Å². The third-order valence-corrected chi connectivity index (χ3v) is 6.24. The molecule has 0 fully saturated rings. The third kappa shape index (κ3) is 6.91. The average Bonchev–Trinajstić information content (AvgIpc) is 2.85. The van der Waals surface area contributed by atoms with Crippen LogP contribution in [0.3, 0.4) is 0 Å². The van der Waals surface area contributed by atoms with Crippen molar-refractivity contribution in [2.75, 3.05) is 7.11 Å². The van der Waals surface area contributed by atoms with Crippen LogP contribution in [0.5, 0.6) is 0 Å². The Morgan fingerprint density at radius 2 is 1.60 bits per heavy atom. The first-order valence-electron chi connectivity index (χ1n) is 10.4. The van der Waals surface area contributed by atoms with Gasteiger partial charge in [0.2, 0.25) is 0 Å². The first-order valence-corrected chi connectivity index (χ1v) is 12.2. The number of hydrogen-bond donors (Lipinski definition) is 0. The Morgan fingerprint density at radius 1 is 0.943 bits per heavy atom. The average molecular weight is 515 g/mol. The number of oxime groups is 2. The van der Waals surface area contributed by atoms with Gasteiger partial charge in [-0.3, -0.25) is 4.28 Å². The highest BCUT2D eigenvalue weighted by molar-refractivity contribution is 7.86. The van der Waals surface area contributed by atoms with Gasteiger partial charge in [0.1, 0.15) is 11.5 Å². The van der Waals surface area contributed by atoms with Gasteiger partial charge in [0, 0.05) is 16.1 Å². The Labute approximate surface area is 208 Å². The number of esters is 1. The Kier molecular flexibility index (Phi) is 8.62. The predicted molar refractivity (Wildman–Crippen MR) is 133 cm³/mol. The third-order valence-electron chi connectivity index (χ3n) is 4.87. The molecule has 0 aliphatic carbocycles. The van der Waals surface area contributed by atoms with Gasteiger partial charge in [-0.05, 0) is 43.7 Å². The summed E-state index contributed by atoms with van der Waals surface area (Å²) in [6, 6.07) is 19.8. The van der Waals surface area contributed by atoms with Gasteiger partial charge in [-0.2, -0.15) is 8.42 Å². The molecule has 182 valence electrons. The Balaban J connectivity index is 1.85. The Bertz CT molecular complexity index is 1350. The summed E-state index contributed by atoms with van der Waals surface area (Å²) in [5.41, 5.74) is 2.78. The first-order chi connectivity index (χ1) is 16.7. The van der Waals surface area contributed by atoms with E-state index in [2.05, 4.69) is 10.3 Å². The van der Waals surface area contributed by atoms with Crippen molar-refractivity contribution < 1.29 is 27.1 Å². The molecule has 0 aliphatic heterocycles. The standard InChI is InChI=1S/C25H23ClN2O6S/c1-17-8-14-22(15-9-17)35(30,31)34-28-24(25(29)32-3)23-7-5-4-6-20(23)16-33-27-18(2)19-10-12-21(26)13-11-19/h4-15H,16H2,1-3H3/b27-18+,28-24+. The second-order valence-electron chi connectivity index (χ2n) is 7.39. The van der Waals surface area contributed by atoms with E-state index >= 15 is 0 Å². The molecule has 0 amide bonds. The van der Waals surface area contributed by atoms with E-state index in [1.807, 2.05) is 19.1 Å². The summed E-state index contributed by atoms with van der Waals surface area (Å²) >= 11 is 5.91. The minimum Gasteiger partial charge on any atom is -0.464 e. The molecule has 0 heterocycles. The van der Waals surface area contributed by atoms with Gasteiger partial charge >= 0.3 is 16.1 Å². The molecule has 0 spiro atoms. The number of methoxy groups -OCH3 is 1. The molecule has 0 atom stereocenters. The van der Waals surface area contributed by atoms with Crippen LogP contribution in [0.25, 0.3) is 0 Å². The second-order valence-corrected chi connectivity index (χ2v) is 9.35. The van der Waals surface area contributed by atoms with Crippen LogP contribution in [-0.4, -0.2) is 32.9 Å². The SMILES string of the molecule is COC(=O)/C(=N/OS(=O)(=O)c1ccc(C)cc1)c1ccccc1CO/N=C(\C)c1ccc(Cl)cc1. The molecule has 10 heteroatoms. The van der Waals surface area contributed by atoms with Crippen LogP contribution in [0.15, 0.2) is 88.0 Å². The van der Waals surface area contributed by atoms with Crippen molar-refractivity contribution in [3.8, 4) is 0 Å². The minimum absolute atomic E-state index is 0.0260. The molecule has 0 N–H and O–H groups in total. The maximum absolute atomic E-state index is 12.5. The van der Waals surface area contributed by atoms with Gasteiger partial charge in [0.15, 0.2) is 5.71 Å². The largest absolute Gasteiger partial charge is 0.464 e. The molecule has 8 nitrogen and oxygen atoms in total. The van der Waals surface area contributed by atoms with Gasteiger partial charge in [0.05, 0.1) is 12.8 Å². The van der Waals surface area contributed by atoms with Crippen molar-refractivity contribution in [2.45, 2.75) is 25.3 Å². The lowest BCUT2D eigenvalue weighted by atomic mass is 10.0. The number of nitrogens with zero attached hydrogens (tertiary/aromatic N) is 2. The normalized spacial score (nSPS) is 12.2. The summed E-state index contributed by atoms with van der Waals surface area (Å²) in [6.07, 6.45) is 0. The minimum atomic E-state index is -4.25. The fraction of sp³-hybridized carbons (Fsp3) is 0.160. The Morgan fingerprint density at radius 3 is 2.26 bits per heavy atom. The van der Waals surface area contributed by atoms with Gasteiger partial charge in [-0.15, -0.1) is 0 Å². The number of rotatable bonds is 9. The number of hydrogen-bond acceptors (Lipinski definition) is 8. The zero-order valence-electron chi connectivity index (χ0n) is 19.3. The highest BCUT2D eigenvalue weighted by atomic mass is 35.5. The predicted octanol–water partition coefficient (Wildman–Crippen LogP) is 4.87. The molecule has 35 heavy (non-hydrogen) atoms. The fourth-order valence-electron chi connectivity index (χ4n) is 2.95. The lowest BCUT2D eigenvalue weighted by molar-refractivity contribution is -0.132. The van der Waals surface area contributed by atoms with E-state index in [0.717, 1.165) is 18.2 Å². The molecule has 0 bridgehead atoms. The molecule has 0 saturated carbocycles. The highest BCUT2D eigenvalue weighted by Crippen LogP contribution is 2.17. The molecule has 3 rings (SSSR count). The summed E-state index contributed by atoms with van der Waals surface area (Å²) in [5, 5.41) is 8.36. The number of carbonyl (C=O) groups is 1. The van der Waals surface area contributed by atoms with Gasteiger partial charge in [-0.1, -0.05) is 76.0 Å². The van der Waals surface area contributed by atoms with Gasteiger partial charge < -0.3 is 9.57 Å². The molecular weight excluding hydrogens is 492 g/mol. The number of ether oxygens (including phenoxy) is 1. The summed E-state index contributed by atoms with van der Waals surface area (Å²) in [4.78, 5) is 17.8. The molecule has 3 aromatic carbocycles. The van der Waals surface area contributed by atoms with Crippen molar-refractivity contribution in [2.24, 2.45) is 10.3 Å². The van der Waals surface area contributed by atoms with E-state index in [-0.39, 0.29) is 22.8 Å². The van der Waals surface area contributed by atoms with E-state index in [4.69, 9.17) is 25.5 Å². The smallest absolute Gasteiger partial charge is 0.360 e. The zero-order chi connectivity index (χ0) is 25.4. The van der Waals surface area contributed by atoms with Crippen molar-refractivity contribution >= 4 is 39.1 Å². The molecule has 0 aliphatic rings. The quantitative estimate of drug-likeness (QED) is 0.229. The van der Waals surface area contributed by atoms with Crippen LogP contribution in [0.2, 0.25) is 5.02 Å². The van der Waals surface area contributed by atoms with Crippen LogP contribution < -0.4 is 0 Å². The maximum atomic E-state index is 12.5. The molecule has 0 saturated heterocycles. The lowest BCUT2D eigenvalue weighted by Gasteiger charge is -2.10. The number of halogens is 1. The number of aryl methyl sites for hydroxylation is 1. The van der Waals surface area contributed by atoms with Crippen LogP contribution in [-0.2, 0) is 35.4 Å². The monoisotopic (exact) mass is 514 g/mol. The van der Waals surface area contributed by atoms with Crippen LogP contribution in [0.4, 0.5) is 0 Å². The first kappa shape index (κ1) is 25.9. The van der Waals surface area contributed by atoms with Gasteiger partial charge in [-0.25, -0.2) is 4.79 Å². The summed E-state index contributed by atoms with van der Waals surface area (Å²) in [7, 11) is -3.10. The van der Waals surface area contributed by atoms with E-state index in [1.54, 1.807) is 55.5 Å². The zero-order valence-corrected chi connectivity index (χ0v) is 20.8. The van der Waals surface area contributed by atoms with Crippen LogP contribution in [0.1, 0.15) is 29.2 Å². The lowest BCUT2D eigenvalue weighted by Crippen LogP contribution is -2.20. The van der Waals surface area contributed by atoms with Crippen molar-refractivity contribution in [3.63, 3.8) is 0 Å². The van der Waals surface area contributed by atoms with Gasteiger partial charge in [0.25, 0.3) is 0 Å². The van der Waals surface area contributed by atoms with Crippen molar-refractivity contribution in [3.05, 3.63) is 100 Å². The fourth-order valence-corrected chi connectivity index (χ4v) is 3.80. The maximum Gasteiger partial charge on any atom is 0.360 e. The van der Waals surface area contributed by atoms with E-state index in [1.165, 1.54) is 12.1 Å². The molecular formula is C25H23ClN2O6S. The molecule has 3 aromatic rings. The molecule has 0 aromatic heterocycles. The summed E-state index contributed by atoms with van der Waals surface area (Å²) < 4.78 is 34.7. The van der Waals surface area contributed by atoms with Crippen LogP contribution in [0, 0.1) is 6.92 Å². The molecule has 0 unspecified atom stereocenters. The molecule has 0 radical (unpaired) electrons. The number of carbonyl (C=O) groups excluding carboxylic acids is 1. The van der Waals surface area contributed by atoms with E-state index in [9.17, 15) is 13.2 Å². The summed E-state index contributed by atoms with van der Waals surface area (Å²) in [6.45, 7) is 3.58. The van der Waals surface area contributed by atoms with Crippen LogP contribution >= 0.6 is 11.6 Å².